The predicted molar refractivity (Wildman–Crippen MR) is 126 cm³/mol. The lowest BCUT2D eigenvalue weighted by molar-refractivity contribution is -0.140. The van der Waals surface area contributed by atoms with E-state index in [1.165, 1.54) is 5.56 Å². The first-order valence-corrected chi connectivity index (χ1v) is 11.1. The minimum Gasteiger partial charge on any atom is -0.493 e. The number of hydrogen-bond acceptors (Lipinski definition) is 4. The molecule has 2 aromatic carbocycles. The van der Waals surface area contributed by atoms with Crippen molar-refractivity contribution in [1.29, 1.82) is 0 Å². The van der Waals surface area contributed by atoms with Crippen molar-refractivity contribution in [1.82, 2.24) is 9.80 Å². The van der Waals surface area contributed by atoms with Crippen LogP contribution in [0.4, 0.5) is 0 Å². The zero-order chi connectivity index (χ0) is 22.8. The summed E-state index contributed by atoms with van der Waals surface area (Å²) in [4.78, 5) is 28.7. The minimum absolute atomic E-state index is 0.0512. The maximum absolute atomic E-state index is 12.6. The fraction of sp³-hybridized carbons (Fsp3) is 0.385. The van der Waals surface area contributed by atoms with Crippen molar-refractivity contribution < 1.29 is 19.1 Å². The van der Waals surface area contributed by atoms with Crippen molar-refractivity contribution >= 4 is 17.9 Å². The molecule has 2 aromatic rings. The molecule has 0 bridgehead atoms. The molecule has 6 heteroatoms. The number of methoxy groups -OCH3 is 1. The molecule has 0 saturated carbocycles. The summed E-state index contributed by atoms with van der Waals surface area (Å²) in [5.41, 5.74) is 2.26. The van der Waals surface area contributed by atoms with Gasteiger partial charge in [0.05, 0.1) is 7.11 Å². The summed E-state index contributed by atoms with van der Waals surface area (Å²) in [6, 6.07) is 15.8. The van der Waals surface area contributed by atoms with Crippen LogP contribution in [0.5, 0.6) is 11.5 Å². The maximum Gasteiger partial charge on any atom is 0.260 e. The molecule has 1 fully saturated rings. The van der Waals surface area contributed by atoms with Crippen molar-refractivity contribution in [3.8, 4) is 11.5 Å². The Kier molecular flexibility index (Phi) is 8.72. The average molecular weight is 437 g/mol. The smallest absolute Gasteiger partial charge is 0.260 e. The molecule has 1 heterocycles. The van der Waals surface area contributed by atoms with Gasteiger partial charge >= 0.3 is 0 Å². The second-order valence-electron chi connectivity index (χ2n) is 7.80. The molecule has 3 rings (SSSR count). The van der Waals surface area contributed by atoms with Gasteiger partial charge in [0.1, 0.15) is 0 Å². The van der Waals surface area contributed by atoms with Gasteiger partial charge in [0.15, 0.2) is 18.1 Å². The molecule has 1 aliphatic heterocycles. The van der Waals surface area contributed by atoms with Crippen LogP contribution in [-0.4, -0.2) is 61.5 Å². The third-order valence-electron chi connectivity index (χ3n) is 5.58. The predicted octanol–water partition coefficient (Wildman–Crippen LogP) is 3.80. The topological polar surface area (TPSA) is 59.1 Å². The summed E-state index contributed by atoms with van der Waals surface area (Å²) >= 11 is 0. The third-order valence-corrected chi connectivity index (χ3v) is 5.58. The molecular formula is C26H32N2O4. The van der Waals surface area contributed by atoms with Gasteiger partial charge in [0.25, 0.3) is 5.91 Å². The number of ether oxygens (including phenoxy) is 2. The monoisotopic (exact) mass is 436 g/mol. The number of carbonyl (C=O) groups excluding carboxylic acids is 2. The maximum atomic E-state index is 12.6. The molecule has 0 N–H and O–H groups in total. The molecule has 6 nitrogen and oxygen atoms in total. The van der Waals surface area contributed by atoms with E-state index in [4.69, 9.17) is 9.47 Å². The number of carbonyl (C=O) groups is 2. The van der Waals surface area contributed by atoms with E-state index in [2.05, 4.69) is 12.1 Å². The van der Waals surface area contributed by atoms with Gasteiger partial charge in [-0.05, 0) is 43.0 Å². The van der Waals surface area contributed by atoms with Gasteiger partial charge in [0.2, 0.25) is 5.91 Å². The summed E-state index contributed by atoms with van der Waals surface area (Å²) in [7, 11) is 1.58. The fourth-order valence-electron chi connectivity index (χ4n) is 3.78. The first kappa shape index (κ1) is 23.4. The van der Waals surface area contributed by atoms with Gasteiger partial charge in [-0.25, -0.2) is 0 Å². The van der Waals surface area contributed by atoms with Crippen LogP contribution in [0.15, 0.2) is 54.6 Å². The van der Waals surface area contributed by atoms with Gasteiger partial charge in [-0.1, -0.05) is 48.6 Å². The summed E-state index contributed by atoms with van der Waals surface area (Å²) in [5, 5.41) is 0. The molecule has 0 radical (unpaired) electrons. The van der Waals surface area contributed by atoms with Gasteiger partial charge in [-0.2, -0.15) is 0 Å². The Morgan fingerprint density at radius 3 is 2.28 bits per heavy atom. The largest absolute Gasteiger partial charge is 0.493 e. The summed E-state index contributed by atoms with van der Waals surface area (Å²) in [6.45, 7) is 4.10. The number of hydrogen-bond donors (Lipinski definition) is 0. The lowest BCUT2D eigenvalue weighted by Gasteiger charge is -2.34. The van der Waals surface area contributed by atoms with Gasteiger partial charge in [0, 0.05) is 32.6 Å². The molecule has 0 atom stereocenters. The van der Waals surface area contributed by atoms with Crippen LogP contribution in [0.1, 0.15) is 30.9 Å². The zero-order valence-electron chi connectivity index (χ0n) is 19.0. The zero-order valence-corrected chi connectivity index (χ0v) is 19.0. The first-order valence-electron chi connectivity index (χ1n) is 11.1. The molecular weight excluding hydrogens is 404 g/mol. The molecule has 0 aliphatic carbocycles. The third kappa shape index (κ3) is 6.61. The van der Waals surface area contributed by atoms with E-state index in [1.807, 2.05) is 60.4 Å². The highest BCUT2D eigenvalue weighted by molar-refractivity contribution is 5.79. The Hall–Kier alpha value is -3.28. The molecule has 1 saturated heterocycles. The van der Waals surface area contributed by atoms with E-state index < -0.39 is 0 Å². The van der Waals surface area contributed by atoms with Crippen LogP contribution in [0.25, 0.3) is 6.08 Å². The lowest BCUT2D eigenvalue weighted by Crippen LogP contribution is -2.51. The molecule has 1 aliphatic rings. The number of piperazine rings is 1. The quantitative estimate of drug-likeness (QED) is 0.600. The van der Waals surface area contributed by atoms with Crippen LogP contribution in [-0.2, 0) is 16.0 Å². The van der Waals surface area contributed by atoms with Crippen LogP contribution in [0.2, 0.25) is 0 Å². The van der Waals surface area contributed by atoms with Crippen molar-refractivity contribution in [3.05, 3.63) is 65.7 Å². The van der Waals surface area contributed by atoms with Crippen LogP contribution in [0.3, 0.4) is 0 Å². The van der Waals surface area contributed by atoms with E-state index in [0.717, 1.165) is 18.4 Å². The number of nitrogens with zero attached hydrogens (tertiary/aromatic N) is 2. The van der Waals surface area contributed by atoms with Crippen LogP contribution in [0, 0.1) is 0 Å². The van der Waals surface area contributed by atoms with E-state index in [9.17, 15) is 9.59 Å². The number of amides is 2. The van der Waals surface area contributed by atoms with Crippen molar-refractivity contribution in [2.75, 3.05) is 39.9 Å². The van der Waals surface area contributed by atoms with Crippen molar-refractivity contribution in [2.45, 2.75) is 26.2 Å². The van der Waals surface area contributed by atoms with E-state index in [1.54, 1.807) is 12.0 Å². The summed E-state index contributed by atoms with van der Waals surface area (Å²) in [6.07, 6.45) is 6.20. The SMILES string of the molecule is C/C=C/c1ccc(OCC(=O)N2CCN(C(=O)CCCc3ccccc3)CC2)c(OC)c1. The Labute approximate surface area is 190 Å². The number of rotatable bonds is 9. The highest BCUT2D eigenvalue weighted by Gasteiger charge is 2.24. The van der Waals surface area contributed by atoms with Crippen LogP contribution >= 0.6 is 0 Å². The van der Waals surface area contributed by atoms with E-state index in [-0.39, 0.29) is 18.4 Å². The highest BCUT2D eigenvalue weighted by Crippen LogP contribution is 2.28. The van der Waals surface area contributed by atoms with Crippen LogP contribution < -0.4 is 9.47 Å². The molecule has 0 unspecified atom stereocenters. The minimum atomic E-state index is -0.0826. The van der Waals surface area contributed by atoms with Crippen molar-refractivity contribution in [2.24, 2.45) is 0 Å². The molecule has 32 heavy (non-hydrogen) atoms. The van der Waals surface area contributed by atoms with Crippen molar-refractivity contribution in [3.63, 3.8) is 0 Å². The summed E-state index contributed by atoms with van der Waals surface area (Å²) < 4.78 is 11.1. The Morgan fingerprint density at radius 2 is 1.62 bits per heavy atom. The summed E-state index contributed by atoms with van der Waals surface area (Å²) in [5.74, 6) is 1.22. The normalized spacial score (nSPS) is 13.9. The Morgan fingerprint density at radius 1 is 0.938 bits per heavy atom. The second kappa shape index (κ2) is 11.9. The number of aryl methyl sites for hydroxylation is 1. The second-order valence-corrected chi connectivity index (χ2v) is 7.80. The average Bonchev–Trinajstić information content (AvgIpc) is 2.83. The van der Waals surface area contributed by atoms with E-state index >= 15 is 0 Å². The number of benzene rings is 2. The highest BCUT2D eigenvalue weighted by atomic mass is 16.5. The molecule has 2 amide bonds. The number of allylic oxidation sites excluding steroid dienone is 1. The fourth-order valence-corrected chi connectivity index (χ4v) is 3.78. The van der Waals surface area contributed by atoms with Gasteiger partial charge < -0.3 is 19.3 Å². The van der Waals surface area contributed by atoms with Gasteiger partial charge in [-0.15, -0.1) is 0 Å². The standard InChI is InChI=1S/C26H32N2O4/c1-3-8-22-13-14-23(24(19-22)31-2)32-20-26(30)28-17-15-27(16-18-28)25(29)12-7-11-21-9-5-4-6-10-21/h3-6,8-10,13-14,19H,7,11-12,15-18,20H2,1-2H3/b8-3+. The molecule has 0 spiro atoms. The molecule has 0 aromatic heterocycles. The Balaban J connectivity index is 1.41. The molecule has 170 valence electrons. The lowest BCUT2D eigenvalue weighted by atomic mass is 10.1. The van der Waals surface area contributed by atoms with E-state index in [0.29, 0.717) is 44.1 Å². The first-order chi connectivity index (χ1) is 15.6. The van der Waals surface area contributed by atoms with Gasteiger partial charge in [-0.3, -0.25) is 9.59 Å². The Bertz CT molecular complexity index is 919.